The van der Waals surface area contributed by atoms with Crippen LogP contribution in [0.15, 0.2) is 24.3 Å². The van der Waals surface area contributed by atoms with Crippen LogP contribution in [0.3, 0.4) is 0 Å². The van der Waals surface area contributed by atoms with Gasteiger partial charge >= 0.3 is 0 Å². The van der Waals surface area contributed by atoms with Crippen LogP contribution in [-0.2, 0) is 0 Å². The van der Waals surface area contributed by atoms with Gasteiger partial charge in [-0.2, -0.15) is 0 Å². The summed E-state index contributed by atoms with van der Waals surface area (Å²) in [6.07, 6.45) is 3.14. The van der Waals surface area contributed by atoms with Gasteiger partial charge in [0, 0.05) is 18.1 Å². The highest BCUT2D eigenvalue weighted by molar-refractivity contribution is 6.30. The number of hydrogen-bond donors (Lipinski definition) is 1. The molecule has 1 aromatic rings. The highest BCUT2D eigenvalue weighted by Crippen LogP contribution is 2.30. The number of hydrogen-bond acceptors (Lipinski definition) is 2. The van der Waals surface area contributed by atoms with Crippen molar-refractivity contribution < 1.29 is 5.11 Å². The first-order chi connectivity index (χ1) is 8.69. The molecule has 2 nitrogen and oxygen atoms in total. The van der Waals surface area contributed by atoms with Crippen molar-refractivity contribution in [3.05, 3.63) is 34.9 Å². The summed E-state index contributed by atoms with van der Waals surface area (Å²) in [6, 6.07) is 7.52. The van der Waals surface area contributed by atoms with Crippen LogP contribution < -0.4 is 0 Å². The van der Waals surface area contributed by atoms with Gasteiger partial charge in [0.25, 0.3) is 0 Å². The predicted octanol–water partition coefficient (Wildman–Crippen LogP) is 3.50. The lowest BCUT2D eigenvalue weighted by atomic mass is 10.1. The summed E-state index contributed by atoms with van der Waals surface area (Å²) < 4.78 is 0. The molecule has 0 heterocycles. The lowest BCUT2D eigenvalue weighted by Gasteiger charge is -2.22. The molecule has 0 spiro atoms. The van der Waals surface area contributed by atoms with Gasteiger partial charge in [-0.05, 0) is 49.4 Å². The van der Waals surface area contributed by atoms with E-state index in [-0.39, 0.29) is 0 Å². The zero-order chi connectivity index (χ0) is 13.0. The second-order valence-electron chi connectivity index (χ2n) is 5.20. The molecule has 0 radical (unpaired) electrons. The Hall–Kier alpha value is -0.570. The zero-order valence-electron chi connectivity index (χ0n) is 11.0. The van der Waals surface area contributed by atoms with Gasteiger partial charge in [0.05, 0.1) is 6.10 Å². The third-order valence-corrected chi connectivity index (χ3v) is 3.85. The highest BCUT2D eigenvalue weighted by Gasteiger charge is 2.23. The van der Waals surface area contributed by atoms with Crippen LogP contribution in [0.25, 0.3) is 0 Å². The fourth-order valence-corrected chi connectivity index (χ4v) is 2.43. The fraction of sp³-hybridized carbons (Fsp3) is 0.600. The van der Waals surface area contributed by atoms with Gasteiger partial charge in [0.15, 0.2) is 0 Å². The van der Waals surface area contributed by atoms with E-state index in [1.807, 2.05) is 24.3 Å². The molecule has 0 amide bonds. The number of aliphatic hydroxyl groups excluding tert-OH is 1. The Bertz CT molecular complexity index is 379. The standard InChI is InChI=1S/C15H22ClNO/c1-2-17(11-12-6-7-12)9-8-15(18)13-4-3-5-14(16)10-13/h3-5,10,12,15,18H,2,6-9,11H2,1H3. The predicted molar refractivity (Wildman–Crippen MR) is 75.9 cm³/mol. The molecule has 2 rings (SSSR count). The molecule has 100 valence electrons. The minimum Gasteiger partial charge on any atom is -0.388 e. The lowest BCUT2D eigenvalue weighted by Crippen LogP contribution is -2.27. The molecule has 1 unspecified atom stereocenters. The van der Waals surface area contributed by atoms with Crippen LogP contribution in [0, 0.1) is 5.92 Å². The van der Waals surface area contributed by atoms with E-state index in [0.717, 1.165) is 31.0 Å². The molecule has 0 bridgehead atoms. The van der Waals surface area contributed by atoms with Crippen LogP contribution in [-0.4, -0.2) is 29.6 Å². The van der Waals surface area contributed by atoms with Crippen molar-refractivity contribution in [2.75, 3.05) is 19.6 Å². The summed E-state index contributed by atoms with van der Waals surface area (Å²) in [5, 5.41) is 10.8. The van der Waals surface area contributed by atoms with Crippen molar-refractivity contribution in [2.45, 2.75) is 32.3 Å². The number of benzene rings is 1. The largest absolute Gasteiger partial charge is 0.388 e. The second-order valence-corrected chi connectivity index (χ2v) is 5.63. The fourth-order valence-electron chi connectivity index (χ4n) is 2.23. The first-order valence-electron chi connectivity index (χ1n) is 6.85. The van der Waals surface area contributed by atoms with Crippen LogP contribution in [0.1, 0.15) is 37.9 Å². The molecule has 0 aliphatic heterocycles. The molecular weight excluding hydrogens is 246 g/mol. The second kappa shape index (κ2) is 6.55. The van der Waals surface area contributed by atoms with E-state index in [1.165, 1.54) is 19.4 Å². The van der Waals surface area contributed by atoms with Crippen LogP contribution in [0.5, 0.6) is 0 Å². The van der Waals surface area contributed by atoms with Crippen molar-refractivity contribution >= 4 is 11.6 Å². The van der Waals surface area contributed by atoms with E-state index in [1.54, 1.807) is 0 Å². The number of nitrogens with zero attached hydrogens (tertiary/aromatic N) is 1. The topological polar surface area (TPSA) is 23.5 Å². The Morgan fingerprint density at radius 2 is 2.22 bits per heavy atom. The number of halogens is 1. The van der Waals surface area contributed by atoms with Crippen molar-refractivity contribution in [2.24, 2.45) is 5.92 Å². The summed E-state index contributed by atoms with van der Waals surface area (Å²) in [4.78, 5) is 2.44. The van der Waals surface area contributed by atoms with Crippen molar-refractivity contribution in [1.29, 1.82) is 0 Å². The van der Waals surface area contributed by atoms with Gasteiger partial charge in [-0.25, -0.2) is 0 Å². The molecule has 1 aromatic carbocycles. The van der Waals surface area contributed by atoms with Crippen molar-refractivity contribution in [1.82, 2.24) is 4.90 Å². The minimum atomic E-state index is -0.406. The van der Waals surface area contributed by atoms with Gasteiger partial charge in [-0.15, -0.1) is 0 Å². The Kier molecular flexibility index (Phi) is 5.04. The summed E-state index contributed by atoms with van der Waals surface area (Å²) in [5.74, 6) is 0.910. The van der Waals surface area contributed by atoms with E-state index >= 15 is 0 Å². The zero-order valence-corrected chi connectivity index (χ0v) is 11.7. The molecular formula is C15H22ClNO. The third kappa shape index (κ3) is 4.27. The summed E-state index contributed by atoms with van der Waals surface area (Å²) >= 11 is 5.93. The maximum Gasteiger partial charge on any atom is 0.0802 e. The molecule has 18 heavy (non-hydrogen) atoms. The molecule has 1 aliphatic carbocycles. The Labute approximate surface area is 115 Å². The molecule has 1 fully saturated rings. The normalized spacial score (nSPS) is 17.1. The van der Waals surface area contributed by atoms with Crippen LogP contribution in [0.2, 0.25) is 5.02 Å². The summed E-state index contributed by atoms with van der Waals surface area (Å²) in [7, 11) is 0. The van der Waals surface area contributed by atoms with E-state index in [2.05, 4.69) is 11.8 Å². The van der Waals surface area contributed by atoms with E-state index in [9.17, 15) is 5.11 Å². The van der Waals surface area contributed by atoms with Gasteiger partial charge in [-0.3, -0.25) is 0 Å². The Morgan fingerprint density at radius 3 is 2.83 bits per heavy atom. The first-order valence-corrected chi connectivity index (χ1v) is 7.22. The third-order valence-electron chi connectivity index (χ3n) is 3.61. The van der Waals surface area contributed by atoms with Crippen LogP contribution in [0.4, 0.5) is 0 Å². The van der Waals surface area contributed by atoms with Gasteiger partial charge < -0.3 is 10.0 Å². The molecule has 0 saturated heterocycles. The summed E-state index contributed by atoms with van der Waals surface area (Å²) in [6.45, 7) is 5.41. The number of rotatable bonds is 7. The molecule has 1 aliphatic rings. The van der Waals surface area contributed by atoms with Gasteiger partial charge in [-0.1, -0.05) is 30.7 Å². The molecule has 1 saturated carbocycles. The van der Waals surface area contributed by atoms with Gasteiger partial charge in [0.2, 0.25) is 0 Å². The van der Waals surface area contributed by atoms with E-state index < -0.39 is 6.10 Å². The Morgan fingerprint density at radius 1 is 1.44 bits per heavy atom. The molecule has 0 aromatic heterocycles. The molecule has 3 heteroatoms. The van der Waals surface area contributed by atoms with E-state index in [4.69, 9.17) is 11.6 Å². The highest BCUT2D eigenvalue weighted by atomic mass is 35.5. The first kappa shape index (κ1) is 13.9. The maximum absolute atomic E-state index is 10.2. The monoisotopic (exact) mass is 267 g/mol. The summed E-state index contributed by atoms with van der Waals surface area (Å²) in [5.41, 5.74) is 0.921. The minimum absolute atomic E-state index is 0.406. The lowest BCUT2D eigenvalue weighted by molar-refractivity contribution is 0.142. The van der Waals surface area contributed by atoms with Gasteiger partial charge in [0.1, 0.15) is 0 Å². The van der Waals surface area contributed by atoms with Crippen LogP contribution >= 0.6 is 11.6 Å². The quantitative estimate of drug-likeness (QED) is 0.817. The van der Waals surface area contributed by atoms with Crippen molar-refractivity contribution in [3.8, 4) is 0 Å². The number of aliphatic hydroxyl groups is 1. The molecule has 1 atom stereocenters. The average Bonchev–Trinajstić information content (AvgIpc) is 3.18. The maximum atomic E-state index is 10.2. The smallest absolute Gasteiger partial charge is 0.0802 e. The average molecular weight is 268 g/mol. The van der Waals surface area contributed by atoms with E-state index in [0.29, 0.717) is 5.02 Å². The molecule has 1 N–H and O–H groups in total. The van der Waals surface area contributed by atoms with Crippen molar-refractivity contribution in [3.63, 3.8) is 0 Å². The Balaban J connectivity index is 1.80. The SMILES string of the molecule is CCN(CCC(O)c1cccc(Cl)c1)CC1CC1.